The Balaban J connectivity index is 2.48. The van der Waals surface area contributed by atoms with Crippen molar-refractivity contribution >= 4 is 11.8 Å². The Labute approximate surface area is 135 Å². The van der Waals surface area contributed by atoms with E-state index in [1.807, 2.05) is 30.3 Å². The van der Waals surface area contributed by atoms with Crippen LogP contribution >= 0.6 is 0 Å². The number of anilines is 1. The van der Waals surface area contributed by atoms with Gasteiger partial charge in [0, 0.05) is 0 Å². The van der Waals surface area contributed by atoms with Crippen molar-refractivity contribution in [3.8, 4) is 11.8 Å². The molecular weight excluding hydrogens is 292 g/mol. The topological polar surface area (TPSA) is 93.9 Å². The van der Waals surface area contributed by atoms with E-state index in [-0.39, 0.29) is 29.1 Å². The summed E-state index contributed by atoms with van der Waals surface area (Å²) in [5, 5.41) is 13.4. The maximum atomic E-state index is 11.9. The molecule has 0 aliphatic heterocycles. The number of nitriles is 1. The molecule has 0 bridgehead atoms. The van der Waals surface area contributed by atoms with E-state index in [0.29, 0.717) is 5.69 Å². The fourth-order valence-corrected chi connectivity index (χ4v) is 2.18. The van der Waals surface area contributed by atoms with Gasteiger partial charge in [-0.25, -0.2) is 9.48 Å². The van der Waals surface area contributed by atoms with Crippen LogP contribution in [0.15, 0.2) is 24.3 Å². The zero-order valence-electron chi connectivity index (χ0n) is 13.8. The summed E-state index contributed by atoms with van der Waals surface area (Å²) in [4.78, 5) is 11.9. The number of ether oxygens (including phenoxy) is 1. The second-order valence-corrected chi connectivity index (χ2v) is 6.15. The summed E-state index contributed by atoms with van der Waals surface area (Å²) >= 11 is 0. The second kappa shape index (κ2) is 6.13. The Kier molecular flexibility index (Phi) is 4.41. The zero-order chi connectivity index (χ0) is 17.2. The van der Waals surface area contributed by atoms with Gasteiger partial charge in [0.1, 0.15) is 17.5 Å². The number of carbonyl (C=O) groups excluding carboxylic acids is 1. The molecule has 0 amide bonds. The molecule has 0 atom stereocenters. The van der Waals surface area contributed by atoms with Gasteiger partial charge in [0.25, 0.3) is 0 Å². The third-order valence-corrected chi connectivity index (χ3v) is 3.48. The van der Waals surface area contributed by atoms with Gasteiger partial charge in [-0.05, 0) is 30.0 Å². The van der Waals surface area contributed by atoms with Crippen LogP contribution < -0.4 is 5.73 Å². The van der Waals surface area contributed by atoms with Gasteiger partial charge < -0.3 is 10.5 Å². The number of nitrogen functional groups attached to an aromatic ring is 1. The van der Waals surface area contributed by atoms with E-state index < -0.39 is 5.97 Å². The highest BCUT2D eigenvalue weighted by Gasteiger charge is 2.23. The third kappa shape index (κ3) is 3.19. The van der Waals surface area contributed by atoms with E-state index in [0.717, 1.165) is 5.56 Å². The van der Waals surface area contributed by atoms with E-state index in [4.69, 9.17) is 10.5 Å². The van der Waals surface area contributed by atoms with E-state index in [9.17, 15) is 10.1 Å². The Bertz CT molecular complexity index is 762. The molecule has 2 N–H and O–H groups in total. The largest absolute Gasteiger partial charge is 0.461 e. The number of rotatable bonds is 3. The predicted octanol–water partition coefficient (Wildman–Crippen LogP) is 2.80. The quantitative estimate of drug-likeness (QED) is 0.879. The van der Waals surface area contributed by atoms with Crippen LogP contribution in [0.4, 0.5) is 5.82 Å². The van der Waals surface area contributed by atoms with Gasteiger partial charge in [-0.1, -0.05) is 32.9 Å². The summed E-state index contributed by atoms with van der Waals surface area (Å²) in [6, 6.07) is 9.60. The number of nitrogens with two attached hydrogens (primary N) is 1. The van der Waals surface area contributed by atoms with Crippen molar-refractivity contribution in [2.75, 3.05) is 12.3 Å². The van der Waals surface area contributed by atoms with Crippen LogP contribution in [0.3, 0.4) is 0 Å². The summed E-state index contributed by atoms with van der Waals surface area (Å²) in [6.07, 6.45) is 0. The molecule has 1 aromatic carbocycles. The van der Waals surface area contributed by atoms with Crippen molar-refractivity contribution in [2.45, 2.75) is 33.1 Å². The number of benzene rings is 1. The molecule has 0 aliphatic carbocycles. The first-order valence-electron chi connectivity index (χ1n) is 7.36. The lowest BCUT2D eigenvalue weighted by atomic mass is 9.87. The lowest BCUT2D eigenvalue weighted by Gasteiger charge is -2.19. The Morgan fingerprint density at radius 2 is 1.96 bits per heavy atom. The summed E-state index contributed by atoms with van der Waals surface area (Å²) in [5.41, 5.74) is 7.82. The molecule has 0 radical (unpaired) electrons. The Morgan fingerprint density at radius 1 is 1.35 bits per heavy atom. The van der Waals surface area contributed by atoms with E-state index in [1.165, 1.54) is 4.68 Å². The van der Waals surface area contributed by atoms with Crippen LogP contribution in [0.1, 0.15) is 49.3 Å². The molecule has 0 unspecified atom stereocenters. The van der Waals surface area contributed by atoms with Gasteiger partial charge in [-0.15, -0.1) is 0 Å². The maximum absolute atomic E-state index is 11.9. The summed E-state index contributed by atoms with van der Waals surface area (Å²) in [6.45, 7) is 8.26. The minimum Gasteiger partial charge on any atom is -0.461 e. The number of esters is 1. The Hall–Kier alpha value is -2.81. The highest BCUT2D eigenvalue weighted by molar-refractivity contribution is 5.92. The molecule has 0 saturated carbocycles. The minimum atomic E-state index is -0.652. The average Bonchev–Trinajstić information content (AvgIpc) is 2.83. The van der Waals surface area contributed by atoms with Crippen LogP contribution in [0.25, 0.3) is 5.69 Å². The minimum absolute atomic E-state index is 0.0299. The number of carbonyl (C=O) groups is 1. The molecule has 23 heavy (non-hydrogen) atoms. The van der Waals surface area contributed by atoms with E-state index in [1.54, 1.807) is 6.92 Å². The predicted molar refractivity (Wildman–Crippen MR) is 87.3 cm³/mol. The average molecular weight is 312 g/mol. The van der Waals surface area contributed by atoms with Crippen LogP contribution in [0.2, 0.25) is 0 Å². The Morgan fingerprint density at radius 3 is 2.43 bits per heavy atom. The second-order valence-electron chi connectivity index (χ2n) is 6.15. The molecule has 120 valence electrons. The van der Waals surface area contributed by atoms with Crippen molar-refractivity contribution in [3.63, 3.8) is 0 Å². The van der Waals surface area contributed by atoms with Gasteiger partial charge in [-0.2, -0.15) is 10.4 Å². The molecule has 1 heterocycles. The SMILES string of the molecule is CCOC(=O)c1nn(-c2ccc(C(C)(C)C)cc2)c(N)c1C#N. The van der Waals surface area contributed by atoms with Gasteiger partial charge >= 0.3 is 5.97 Å². The van der Waals surface area contributed by atoms with Gasteiger partial charge in [-0.3, -0.25) is 0 Å². The van der Waals surface area contributed by atoms with Crippen LogP contribution in [-0.2, 0) is 10.2 Å². The fraction of sp³-hybridized carbons (Fsp3) is 0.353. The van der Waals surface area contributed by atoms with Gasteiger partial charge in [0.2, 0.25) is 0 Å². The first kappa shape index (κ1) is 16.6. The zero-order valence-corrected chi connectivity index (χ0v) is 13.8. The highest BCUT2D eigenvalue weighted by Crippen LogP contribution is 2.25. The van der Waals surface area contributed by atoms with Crippen molar-refractivity contribution < 1.29 is 9.53 Å². The number of aromatic nitrogens is 2. The smallest absolute Gasteiger partial charge is 0.360 e. The van der Waals surface area contributed by atoms with E-state index >= 15 is 0 Å². The summed E-state index contributed by atoms with van der Waals surface area (Å²) < 4.78 is 6.30. The first-order chi connectivity index (χ1) is 10.8. The van der Waals surface area contributed by atoms with E-state index in [2.05, 4.69) is 25.9 Å². The molecule has 1 aromatic heterocycles. The highest BCUT2D eigenvalue weighted by atomic mass is 16.5. The van der Waals surface area contributed by atoms with Gasteiger partial charge in [0.15, 0.2) is 5.69 Å². The fourth-order valence-electron chi connectivity index (χ4n) is 2.18. The third-order valence-electron chi connectivity index (χ3n) is 3.48. The summed E-state index contributed by atoms with van der Waals surface area (Å²) in [7, 11) is 0. The standard InChI is InChI=1S/C17H20N4O2/c1-5-23-16(22)14-13(10-18)15(19)21(20-14)12-8-6-11(7-9-12)17(2,3)4/h6-9H,5,19H2,1-4H3. The summed E-state index contributed by atoms with van der Waals surface area (Å²) in [5.74, 6) is -0.528. The molecule has 0 fully saturated rings. The monoisotopic (exact) mass is 312 g/mol. The normalized spacial score (nSPS) is 11.1. The van der Waals surface area contributed by atoms with Crippen molar-refractivity contribution in [1.82, 2.24) is 9.78 Å². The first-order valence-corrected chi connectivity index (χ1v) is 7.36. The molecule has 0 spiro atoms. The van der Waals surface area contributed by atoms with Crippen molar-refractivity contribution in [2.24, 2.45) is 0 Å². The van der Waals surface area contributed by atoms with Crippen molar-refractivity contribution in [1.29, 1.82) is 5.26 Å². The number of hydrogen-bond donors (Lipinski definition) is 1. The number of hydrogen-bond acceptors (Lipinski definition) is 5. The van der Waals surface area contributed by atoms with Crippen LogP contribution in [0.5, 0.6) is 0 Å². The van der Waals surface area contributed by atoms with Crippen LogP contribution in [-0.4, -0.2) is 22.4 Å². The molecule has 0 saturated heterocycles. The van der Waals surface area contributed by atoms with Gasteiger partial charge in [0.05, 0.1) is 12.3 Å². The lowest BCUT2D eigenvalue weighted by molar-refractivity contribution is 0.0518. The number of nitrogens with zero attached hydrogens (tertiary/aromatic N) is 3. The van der Waals surface area contributed by atoms with Crippen LogP contribution in [0, 0.1) is 11.3 Å². The molecule has 6 nitrogen and oxygen atoms in total. The molecular formula is C17H20N4O2. The molecule has 0 aliphatic rings. The van der Waals surface area contributed by atoms with Crippen molar-refractivity contribution in [3.05, 3.63) is 41.1 Å². The molecule has 6 heteroatoms. The molecule has 2 aromatic rings. The lowest BCUT2D eigenvalue weighted by Crippen LogP contribution is -2.11. The molecule has 2 rings (SSSR count). The maximum Gasteiger partial charge on any atom is 0.360 e.